The molecule has 6 heteroatoms. The smallest absolute Gasteiger partial charge is 0.246 e. The molecule has 0 amide bonds. The first-order chi connectivity index (χ1) is 10.5. The van der Waals surface area contributed by atoms with Crippen LogP contribution in [-0.2, 0) is 17.1 Å². The summed E-state index contributed by atoms with van der Waals surface area (Å²) in [6, 6.07) is 9.47. The van der Waals surface area contributed by atoms with Crippen molar-refractivity contribution in [1.82, 2.24) is 14.1 Å². The van der Waals surface area contributed by atoms with Crippen molar-refractivity contribution < 1.29 is 8.42 Å². The average molecular weight is 319 g/mol. The van der Waals surface area contributed by atoms with Crippen molar-refractivity contribution >= 4 is 10.0 Å². The lowest BCUT2D eigenvalue weighted by Crippen LogP contribution is -2.37. The highest BCUT2D eigenvalue weighted by Gasteiger charge is 2.31. The summed E-state index contributed by atoms with van der Waals surface area (Å²) in [7, 11) is -1.74. The number of piperidine rings is 1. The monoisotopic (exact) mass is 319 g/mol. The van der Waals surface area contributed by atoms with Crippen LogP contribution in [0, 0.1) is 5.92 Å². The Morgan fingerprint density at radius 2 is 1.77 bits per heavy atom. The molecule has 0 atom stereocenters. The van der Waals surface area contributed by atoms with Crippen LogP contribution in [0.4, 0.5) is 0 Å². The zero-order chi connectivity index (χ0) is 15.7. The van der Waals surface area contributed by atoms with Crippen LogP contribution in [-0.4, -0.2) is 35.6 Å². The summed E-state index contributed by atoms with van der Waals surface area (Å²) in [5.74, 6) is 0.592. The fraction of sp³-hybridized carbons (Fsp3) is 0.438. The highest BCUT2D eigenvalue weighted by molar-refractivity contribution is 7.89. The van der Waals surface area contributed by atoms with Gasteiger partial charge in [0.05, 0.1) is 0 Å². The molecule has 0 radical (unpaired) electrons. The van der Waals surface area contributed by atoms with Gasteiger partial charge in [0.2, 0.25) is 10.0 Å². The van der Waals surface area contributed by atoms with Crippen LogP contribution in [0.1, 0.15) is 19.8 Å². The summed E-state index contributed by atoms with van der Waals surface area (Å²) >= 11 is 0. The van der Waals surface area contributed by atoms with Crippen LogP contribution < -0.4 is 0 Å². The maximum Gasteiger partial charge on any atom is 0.246 e. The van der Waals surface area contributed by atoms with Gasteiger partial charge in [-0.15, -0.1) is 0 Å². The first-order valence-corrected chi connectivity index (χ1v) is 9.01. The zero-order valence-corrected chi connectivity index (χ0v) is 13.8. The van der Waals surface area contributed by atoms with Crippen molar-refractivity contribution in [2.24, 2.45) is 13.0 Å². The third-order valence-corrected chi connectivity index (χ3v) is 6.10. The molecule has 2 heterocycles. The van der Waals surface area contributed by atoms with Gasteiger partial charge in [0.1, 0.15) is 10.6 Å². The van der Waals surface area contributed by atoms with Crippen LogP contribution in [0.15, 0.2) is 41.4 Å². The molecule has 1 aliphatic heterocycles. The molecular weight excluding hydrogens is 298 g/mol. The lowest BCUT2D eigenvalue weighted by molar-refractivity contribution is 0.288. The molecule has 0 aliphatic carbocycles. The highest BCUT2D eigenvalue weighted by Crippen LogP contribution is 2.30. The molecular formula is C16H21N3O2S. The van der Waals surface area contributed by atoms with Crippen molar-refractivity contribution in [2.75, 3.05) is 13.1 Å². The van der Waals surface area contributed by atoms with Crippen LogP contribution in [0.3, 0.4) is 0 Å². The SMILES string of the molecule is CC1CCN(S(=O)(=O)c2cn(C)nc2-c2ccccc2)CC1. The van der Waals surface area contributed by atoms with Gasteiger partial charge in [-0.1, -0.05) is 37.3 Å². The lowest BCUT2D eigenvalue weighted by atomic mass is 10.0. The van der Waals surface area contributed by atoms with E-state index < -0.39 is 10.0 Å². The normalized spacial score (nSPS) is 17.7. The molecule has 118 valence electrons. The second-order valence-electron chi connectivity index (χ2n) is 5.97. The van der Waals surface area contributed by atoms with E-state index in [1.54, 1.807) is 22.2 Å². The van der Waals surface area contributed by atoms with E-state index in [-0.39, 0.29) is 0 Å². The van der Waals surface area contributed by atoms with E-state index in [2.05, 4.69) is 12.0 Å². The minimum absolute atomic E-state index is 0.302. The Morgan fingerprint density at radius 3 is 2.41 bits per heavy atom. The van der Waals surface area contributed by atoms with E-state index in [1.165, 1.54) is 0 Å². The Kier molecular flexibility index (Phi) is 4.06. The summed E-state index contributed by atoms with van der Waals surface area (Å²) in [5, 5.41) is 4.37. The summed E-state index contributed by atoms with van der Waals surface area (Å²) in [6.45, 7) is 3.35. The van der Waals surface area contributed by atoms with Crippen molar-refractivity contribution in [2.45, 2.75) is 24.7 Å². The minimum Gasteiger partial charge on any atom is -0.274 e. The van der Waals surface area contributed by atoms with Gasteiger partial charge >= 0.3 is 0 Å². The standard InChI is InChI=1S/C16H21N3O2S/c1-13-8-10-19(11-9-13)22(20,21)15-12-18(2)17-16(15)14-6-4-3-5-7-14/h3-7,12-13H,8-11H2,1-2H3. The third kappa shape index (κ3) is 2.80. The maximum atomic E-state index is 13.0. The summed E-state index contributed by atoms with van der Waals surface area (Å²) in [5.41, 5.74) is 1.36. The molecule has 0 saturated carbocycles. The molecule has 0 unspecified atom stereocenters. The van der Waals surface area contributed by atoms with Crippen molar-refractivity contribution in [3.8, 4) is 11.3 Å². The number of nitrogens with zero attached hydrogens (tertiary/aromatic N) is 3. The van der Waals surface area contributed by atoms with Gasteiger partial charge in [0.25, 0.3) is 0 Å². The van der Waals surface area contributed by atoms with Gasteiger partial charge in [-0.05, 0) is 18.8 Å². The molecule has 0 N–H and O–H groups in total. The Hall–Kier alpha value is -1.66. The van der Waals surface area contributed by atoms with Crippen LogP contribution in [0.5, 0.6) is 0 Å². The summed E-state index contributed by atoms with van der Waals surface area (Å²) < 4.78 is 29.1. The van der Waals surface area contributed by atoms with Gasteiger partial charge in [0.15, 0.2) is 0 Å². The number of aromatic nitrogens is 2. The first-order valence-electron chi connectivity index (χ1n) is 7.57. The number of sulfonamides is 1. The fourth-order valence-corrected chi connectivity index (χ4v) is 4.47. The number of benzene rings is 1. The fourth-order valence-electron chi connectivity index (χ4n) is 2.82. The second-order valence-corrected chi connectivity index (χ2v) is 7.87. The zero-order valence-electron chi connectivity index (χ0n) is 12.9. The van der Waals surface area contributed by atoms with Gasteiger partial charge in [0, 0.05) is 31.9 Å². The molecule has 1 aromatic carbocycles. The third-order valence-electron chi connectivity index (χ3n) is 4.20. The van der Waals surface area contributed by atoms with Crippen LogP contribution in [0.25, 0.3) is 11.3 Å². The topological polar surface area (TPSA) is 55.2 Å². The van der Waals surface area contributed by atoms with Gasteiger partial charge in [-0.3, -0.25) is 4.68 Å². The Balaban J connectivity index is 2.01. The maximum absolute atomic E-state index is 13.0. The minimum atomic E-state index is -3.49. The van der Waals surface area contributed by atoms with Crippen molar-refractivity contribution in [3.63, 3.8) is 0 Å². The van der Waals surface area contributed by atoms with Crippen molar-refractivity contribution in [3.05, 3.63) is 36.5 Å². The molecule has 22 heavy (non-hydrogen) atoms. The predicted molar refractivity (Wildman–Crippen MR) is 85.8 cm³/mol. The number of hydrogen-bond acceptors (Lipinski definition) is 3. The first kappa shape index (κ1) is 15.2. The Bertz CT molecular complexity index is 745. The quantitative estimate of drug-likeness (QED) is 0.873. The average Bonchev–Trinajstić information content (AvgIpc) is 2.91. The van der Waals surface area contributed by atoms with E-state index in [4.69, 9.17) is 0 Å². The highest BCUT2D eigenvalue weighted by atomic mass is 32.2. The molecule has 1 fully saturated rings. The Morgan fingerprint density at radius 1 is 1.14 bits per heavy atom. The largest absolute Gasteiger partial charge is 0.274 e. The van der Waals surface area contributed by atoms with Gasteiger partial charge < -0.3 is 0 Å². The lowest BCUT2D eigenvalue weighted by Gasteiger charge is -2.29. The van der Waals surface area contributed by atoms with Gasteiger partial charge in [-0.2, -0.15) is 9.40 Å². The predicted octanol–water partition coefficient (Wildman–Crippen LogP) is 2.51. The molecule has 0 bridgehead atoms. The van der Waals surface area contributed by atoms with E-state index in [0.717, 1.165) is 18.4 Å². The van der Waals surface area contributed by atoms with Crippen LogP contribution >= 0.6 is 0 Å². The number of aryl methyl sites for hydroxylation is 1. The molecule has 1 saturated heterocycles. The van der Waals surface area contributed by atoms with Crippen LogP contribution in [0.2, 0.25) is 0 Å². The van der Waals surface area contributed by atoms with E-state index in [9.17, 15) is 8.42 Å². The van der Waals surface area contributed by atoms with Crippen molar-refractivity contribution in [1.29, 1.82) is 0 Å². The molecule has 5 nitrogen and oxygen atoms in total. The summed E-state index contributed by atoms with van der Waals surface area (Å²) in [4.78, 5) is 0.302. The van der Waals surface area contributed by atoms with E-state index in [1.807, 2.05) is 30.3 Å². The molecule has 3 rings (SSSR count). The van der Waals surface area contributed by atoms with E-state index in [0.29, 0.717) is 29.6 Å². The number of rotatable bonds is 3. The molecule has 0 spiro atoms. The summed E-state index contributed by atoms with van der Waals surface area (Å²) in [6.07, 6.45) is 3.44. The Labute approximate surface area is 131 Å². The number of hydrogen-bond donors (Lipinski definition) is 0. The van der Waals surface area contributed by atoms with E-state index >= 15 is 0 Å². The second kappa shape index (κ2) is 5.85. The van der Waals surface area contributed by atoms with Gasteiger partial charge in [-0.25, -0.2) is 8.42 Å². The molecule has 2 aromatic rings. The molecule has 1 aliphatic rings. The molecule has 1 aromatic heterocycles.